The van der Waals surface area contributed by atoms with Gasteiger partial charge < -0.3 is 9.64 Å². The van der Waals surface area contributed by atoms with Gasteiger partial charge in [0.05, 0.1) is 18.4 Å². The highest BCUT2D eigenvalue weighted by Crippen LogP contribution is 2.25. The first kappa shape index (κ1) is 18.7. The molecule has 2 rings (SSSR count). The molecule has 7 heteroatoms. The van der Waals surface area contributed by atoms with Crippen molar-refractivity contribution in [2.75, 3.05) is 39.0 Å². The molecule has 0 spiro atoms. The second-order valence-corrected chi connectivity index (χ2v) is 8.34. The SMILES string of the molecule is CCS(=O)(=O)N1CCCN(C(=O)c2cc(C)c(C)cc2OC)CC1. The van der Waals surface area contributed by atoms with Crippen LogP contribution in [0.25, 0.3) is 0 Å². The lowest BCUT2D eigenvalue weighted by molar-refractivity contribution is 0.0760. The van der Waals surface area contributed by atoms with Crippen LogP contribution in [0.15, 0.2) is 12.1 Å². The Balaban J connectivity index is 2.21. The molecule has 1 fully saturated rings. The molecular weight excluding hydrogens is 328 g/mol. The number of methoxy groups -OCH3 is 1. The average Bonchev–Trinajstić information content (AvgIpc) is 2.82. The van der Waals surface area contributed by atoms with Gasteiger partial charge in [0.15, 0.2) is 0 Å². The number of hydrogen-bond acceptors (Lipinski definition) is 4. The van der Waals surface area contributed by atoms with E-state index < -0.39 is 10.0 Å². The second kappa shape index (κ2) is 7.53. The first-order chi connectivity index (χ1) is 11.3. The van der Waals surface area contributed by atoms with E-state index in [4.69, 9.17) is 4.74 Å². The molecule has 134 valence electrons. The summed E-state index contributed by atoms with van der Waals surface area (Å²) in [6.07, 6.45) is 0.637. The Morgan fingerprint density at radius 2 is 1.79 bits per heavy atom. The highest BCUT2D eigenvalue weighted by molar-refractivity contribution is 7.89. The molecular formula is C17H26N2O4S. The molecule has 0 aromatic heterocycles. The summed E-state index contributed by atoms with van der Waals surface area (Å²) in [7, 11) is -1.66. The topological polar surface area (TPSA) is 66.9 Å². The largest absolute Gasteiger partial charge is 0.496 e. The van der Waals surface area contributed by atoms with Crippen molar-refractivity contribution in [2.45, 2.75) is 27.2 Å². The average molecular weight is 354 g/mol. The minimum absolute atomic E-state index is 0.0892. The zero-order valence-corrected chi connectivity index (χ0v) is 15.6. The quantitative estimate of drug-likeness (QED) is 0.827. The molecule has 0 unspecified atom stereocenters. The van der Waals surface area contributed by atoms with Crippen LogP contribution in [0.2, 0.25) is 0 Å². The van der Waals surface area contributed by atoms with Crippen molar-refractivity contribution >= 4 is 15.9 Å². The minimum Gasteiger partial charge on any atom is -0.496 e. The molecule has 1 saturated heterocycles. The van der Waals surface area contributed by atoms with Gasteiger partial charge in [-0.05, 0) is 50.5 Å². The maximum Gasteiger partial charge on any atom is 0.257 e. The maximum atomic E-state index is 12.9. The third-order valence-electron chi connectivity index (χ3n) is 4.55. The van der Waals surface area contributed by atoms with Crippen molar-refractivity contribution in [2.24, 2.45) is 0 Å². The van der Waals surface area contributed by atoms with Gasteiger partial charge in [-0.3, -0.25) is 4.79 Å². The van der Waals surface area contributed by atoms with Crippen molar-refractivity contribution in [1.82, 2.24) is 9.21 Å². The van der Waals surface area contributed by atoms with E-state index in [1.54, 1.807) is 18.9 Å². The van der Waals surface area contributed by atoms with Crippen LogP contribution >= 0.6 is 0 Å². The van der Waals surface area contributed by atoms with Gasteiger partial charge in [-0.2, -0.15) is 0 Å². The third-order valence-corrected chi connectivity index (χ3v) is 6.43. The number of rotatable bonds is 4. The Kier molecular flexibility index (Phi) is 5.87. The Morgan fingerprint density at radius 3 is 2.42 bits per heavy atom. The van der Waals surface area contributed by atoms with E-state index in [-0.39, 0.29) is 11.7 Å². The fourth-order valence-electron chi connectivity index (χ4n) is 2.85. The van der Waals surface area contributed by atoms with Crippen LogP contribution in [0.4, 0.5) is 0 Å². The fraction of sp³-hybridized carbons (Fsp3) is 0.588. The van der Waals surface area contributed by atoms with Crippen molar-refractivity contribution in [1.29, 1.82) is 0 Å². The Bertz CT molecular complexity index is 716. The van der Waals surface area contributed by atoms with Crippen LogP contribution in [0.3, 0.4) is 0 Å². The zero-order valence-electron chi connectivity index (χ0n) is 14.8. The van der Waals surface area contributed by atoms with Gasteiger partial charge in [0.1, 0.15) is 5.75 Å². The smallest absolute Gasteiger partial charge is 0.257 e. The molecule has 1 amide bonds. The Labute approximate surface area is 144 Å². The molecule has 1 aromatic carbocycles. The number of hydrogen-bond donors (Lipinski definition) is 0. The van der Waals surface area contributed by atoms with E-state index in [1.165, 1.54) is 4.31 Å². The minimum atomic E-state index is -3.21. The van der Waals surface area contributed by atoms with Crippen molar-refractivity contribution in [3.05, 3.63) is 28.8 Å². The maximum absolute atomic E-state index is 12.9. The summed E-state index contributed by atoms with van der Waals surface area (Å²) < 4.78 is 30.9. The van der Waals surface area contributed by atoms with Gasteiger partial charge in [-0.15, -0.1) is 0 Å². The predicted molar refractivity (Wildman–Crippen MR) is 94.0 cm³/mol. The van der Waals surface area contributed by atoms with E-state index >= 15 is 0 Å². The third kappa shape index (κ3) is 3.89. The van der Waals surface area contributed by atoms with E-state index in [0.29, 0.717) is 43.9 Å². The summed E-state index contributed by atoms with van der Waals surface area (Å²) in [6.45, 7) is 7.33. The molecule has 0 atom stereocenters. The van der Waals surface area contributed by atoms with Crippen LogP contribution in [-0.2, 0) is 10.0 Å². The number of sulfonamides is 1. The number of aryl methyl sites for hydroxylation is 2. The highest BCUT2D eigenvalue weighted by Gasteiger charge is 2.27. The van der Waals surface area contributed by atoms with Crippen LogP contribution in [0.1, 0.15) is 34.8 Å². The summed E-state index contributed by atoms with van der Waals surface area (Å²) in [5, 5.41) is 0. The number of carbonyl (C=O) groups excluding carboxylic acids is 1. The summed E-state index contributed by atoms with van der Waals surface area (Å²) in [5.74, 6) is 0.544. The molecule has 0 saturated carbocycles. The summed E-state index contributed by atoms with van der Waals surface area (Å²) >= 11 is 0. The highest BCUT2D eigenvalue weighted by atomic mass is 32.2. The van der Waals surface area contributed by atoms with Gasteiger partial charge >= 0.3 is 0 Å². The number of amides is 1. The summed E-state index contributed by atoms with van der Waals surface area (Å²) in [6, 6.07) is 3.72. The van der Waals surface area contributed by atoms with Gasteiger partial charge in [0.25, 0.3) is 5.91 Å². The molecule has 1 aromatic rings. The van der Waals surface area contributed by atoms with Crippen molar-refractivity contribution in [3.63, 3.8) is 0 Å². The fourth-order valence-corrected chi connectivity index (χ4v) is 3.99. The Hall–Kier alpha value is -1.60. The van der Waals surface area contributed by atoms with Gasteiger partial charge in [0.2, 0.25) is 10.0 Å². The van der Waals surface area contributed by atoms with E-state index in [9.17, 15) is 13.2 Å². The molecule has 0 bridgehead atoms. The zero-order chi connectivity index (χ0) is 17.9. The molecule has 0 radical (unpaired) electrons. The molecule has 0 N–H and O–H groups in total. The molecule has 0 aliphatic carbocycles. The number of ether oxygens (including phenoxy) is 1. The van der Waals surface area contributed by atoms with E-state index in [2.05, 4.69) is 0 Å². The second-order valence-electron chi connectivity index (χ2n) is 6.08. The molecule has 1 aliphatic heterocycles. The summed E-state index contributed by atoms with van der Waals surface area (Å²) in [5.41, 5.74) is 2.64. The predicted octanol–water partition coefficient (Wildman–Crippen LogP) is 1.81. The monoisotopic (exact) mass is 354 g/mol. The lowest BCUT2D eigenvalue weighted by Gasteiger charge is -2.23. The standard InChI is InChI=1S/C17H26N2O4S/c1-5-24(21,22)19-8-6-7-18(9-10-19)17(20)15-11-13(2)14(3)12-16(15)23-4/h11-12H,5-10H2,1-4H3. The number of carbonyl (C=O) groups is 1. The van der Waals surface area contributed by atoms with E-state index in [1.807, 2.05) is 26.0 Å². The Morgan fingerprint density at radius 1 is 1.12 bits per heavy atom. The molecule has 1 aliphatic rings. The van der Waals surface area contributed by atoms with Gasteiger partial charge in [0, 0.05) is 26.2 Å². The first-order valence-corrected chi connectivity index (χ1v) is 9.83. The van der Waals surface area contributed by atoms with Crippen molar-refractivity contribution in [3.8, 4) is 5.75 Å². The lowest BCUT2D eigenvalue weighted by Crippen LogP contribution is -2.38. The van der Waals surface area contributed by atoms with Gasteiger partial charge in [-0.25, -0.2) is 12.7 Å². The number of nitrogens with zero attached hydrogens (tertiary/aromatic N) is 2. The van der Waals surface area contributed by atoms with Crippen LogP contribution in [0.5, 0.6) is 5.75 Å². The summed E-state index contributed by atoms with van der Waals surface area (Å²) in [4.78, 5) is 14.6. The van der Waals surface area contributed by atoms with Gasteiger partial charge in [-0.1, -0.05) is 0 Å². The molecule has 6 nitrogen and oxygen atoms in total. The molecule has 24 heavy (non-hydrogen) atoms. The normalized spacial score (nSPS) is 16.8. The first-order valence-electron chi connectivity index (χ1n) is 8.22. The van der Waals surface area contributed by atoms with Crippen LogP contribution in [0, 0.1) is 13.8 Å². The molecule has 1 heterocycles. The van der Waals surface area contributed by atoms with E-state index in [0.717, 1.165) is 11.1 Å². The van der Waals surface area contributed by atoms with Crippen LogP contribution in [-0.4, -0.2) is 62.6 Å². The number of benzene rings is 1. The lowest BCUT2D eigenvalue weighted by atomic mass is 10.0. The van der Waals surface area contributed by atoms with Crippen molar-refractivity contribution < 1.29 is 17.9 Å². The van der Waals surface area contributed by atoms with Crippen LogP contribution < -0.4 is 4.74 Å².